The monoisotopic (exact) mass is 249 g/mol. The number of nitrogens with zero attached hydrogens (tertiary/aromatic N) is 2. The third kappa shape index (κ3) is 2.65. The maximum atomic E-state index is 12.2. The van der Waals surface area contributed by atoms with E-state index in [2.05, 4.69) is 4.98 Å². The van der Waals surface area contributed by atoms with Gasteiger partial charge in [-0.1, -0.05) is 0 Å². The van der Waals surface area contributed by atoms with Gasteiger partial charge in [-0.05, 0) is 25.0 Å². The predicted molar refractivity (Wildman–Crippen MR) is 64.3 cm³/mol. The Morgan fingerprint density at radius 1 is 1.50 bits per heavy atom. The third-order valence-corrected chi connectivity index (χ3v) is 2.97. The van der Waals surface area contributed by atoms with Crippen molar-refractivity contribution in [3.63, 3.8) is 0 Å². The maximum absolute atomic E-state index is 12.2. The molecule has 1 saturated heterocycles. The first kappa shape index (κ1) is 12.5. The van der Waals surface area contributed by atoms with Crippen LogP contribution in [0.3, 0.4) is 0 Å². The summed E-state index contributed by atoms with van der Waals surface area (Å²) in [6.45, 7) is 1.18. The van der Waals surface area contributed by atoms with Crippen LogP contribution in [-0.2, 0) is 0 Å². The Hall–Kier alpha value is -1.95. The summed E-state index contributed by atoms with van der Waals surface area (Å²) in [4.78, 5) is 28.3. The fraction of sp³-hybridized carbons (Fsp3) is 0.417. The molecule has 1 aromatic rings. The lowest BCUT2D eigenvalue weighted by atomic mass is 10.1. The molecule has 0 aliphatic carbocycles. The number of hydrogen-bond acceptors (Lipinski definition) is 4. The van der Waals surface area contributed by atoms with Crippen molar-refractivity contribution in [2.45, 2.75) is 18.9 Å². The second-order valence-corrected chi connectivity index (χ2v) is 4.39. The lowest BCUT2D eigenvalue weighted by Gasteiger charge is -2.30. The van der Waals surface area contributed by atoms with Crippen molar-refractivity contribution >= 4 is 11.9 Å². The molecule has 1 atom stereocenters. The summed E-state index contributed by atoms with van der Waals surface area (Å²) in [5.41, 5.74) is 6.04. The van der Waals surface area contributed by atoms with Crippen LogP contribution in [0.25, 0.3) is 0 Å². The quantitative estimate of drug-likeness (QED) is 0.788. The van der Waals surface area contributed by atoms with E-state index in [0.717, 1.165) is 12.8 Å². The molecule has 1 fully saturated rings. The molecule has 1 unspecified atom stereocenters. The molecular formula is C12H15N3O3. The Kier molecular flexibility index (Phi) is 3.57. The molecule has 0 radical (unpaired) electrons. The lowest BCUT2D eigenvalue weighted by molar-refractivity contribution is 0.0690. The van der Waals surface area contributed by atoms with Crippen LogP contribution in [0.2, 0.25) is 0 Å². The summed E-state index contributed by atoms with van der Waals surface area (Å²) in [5.74, 6) is -1.32. The molecule has 18 heavy (non-hydrogen) atoms. The van der Waals surface area contributed by atoms with E-state index < -0.39 is 5.97 Å². The van der Waals surface area contributed by atoms with Crippen LogP contribution >= 0.6 is 0 Å². The van der Waals surface area contributed by atoms with Crippen LogP contribution in [0.4, 0.5) is 0 Å². The van der Waals surface area contributed by atoms with Gasteiger partial charge in [-0.3, -0.25) is 4.79 Å². The molecular weight excluding hydrogens is 234 g/mol. The largest absolute Gasteiger partial charge is 0.477 e. The first-order valence-corrected chi connectivity index (χ1v) is 5.82. The van der Waals surface area contributed by atoms with Gasteiger partial charge in [0, 0.05) is 30.9 Å². The molecule has 6 heteroatoms. The summed E-state index contributed by atoms with van der Waals surface area (Å²) < 4.78 is 0. The van der Waals surface area contributed by atoms with Gasteiger partial charge in [-0.2, -0.15) is 0 Å². The van der Waals surface area contributed by atoms with E-state index in [9.17, 15) is 9.59 Å². The Bertz CT molecular complexity index is 475. The molecule has 0 bridgehead atoms. The molecule has 6 nitrogen and oxygen atoms in total. The number of nitrogens with two attached hydrogens (primary N) is 1. The van der Waals surface area contributed by atoms with E-state index >= 15 is 0 Å². The van der Waals surface area contributed by atoms with Gasteiger partial charge in [0.05, 0.1) is 0 Å². The van der Waals surface area contributed by atoms with Gasteiger partial charge < -0.3 is 15.7 Å². The van der Waals surface area contributed by atoms with Gasteiger partial charge in [0.15, 0.2) is 0 Å². The minimum Gasteiger partial charge on any atom is -0.477 e. The number of amides is 1. The summed E-state index contributed by atoms with van der Waals surface area (Å²) in [7, 11) is 0. The van der Waals surface area contributed by atoms with E-state index in [1.165, 1.54) is 18.3 Å². The molecule has 96 valence electrons. The Balaban J connectivity index is 2.17. The summed E-state index contributed by atoms with van der Waals surface area (Å²) >= 11 is 0. The molecule has 2 heterocycles. The number of carboxylic acids is 1. The zero-order valence-corrected chi connectivity index (χ0v) is 9.87. The van der Waals surface area contributed by atoms with Crippen LogP contribution in [0.15, 0.2) is 18.3 Å². The van der Waals surface area contributed by atoms with E-state index in [4.69, 9.17) is 10.8 Å². The Labute approximate surface area is 104 Å². The van der Waals surface area contributed by atoms with Crippen molar-refractivity contribution in [2.75, 3.05) is 13.1 Å². The number of carbonyl (C=O) groups excluding carboxylic acids is 1. The fourth-order valence-electron chi connectivity index (χ4n) is 2.06. The summed E-state index contributed by atoms with van der Waals surface area (Å²) in [6.07, 6.45) is 3.13. The zero-order chi connectivity index (χ0) is 13.1. The number of hydrogen-bond donors (Lipinski definition) is 2. The van der Waals surface area contributed by atoms with Crippen LogP contribution in [0, 0.1) is 0 Å². The average molecular weight is 249 g/mol. The highest BCUT2D eigenvalue weighted by atomic mass is 16.4. The lowest BCUT2D eigenvalue weighted by Crippen LogP contribution is -2.45. The SMILES string of the molecule is NC1CCCN(C(=O)c2ccnc(C(=O)O)c2)C1. The normalized spacial score (nSPS) is 19.6. The molecule has 2 rings (SSSR count). The topological polar surface area (TPSA) is 96.5 Å². The predicted octanol–water partition coefficient (Wildman–Crippen LogP) is 0.343. The molecule has 0 saturated carbocycles. The summed E-state index contributed by atoms with van der Waals surface area (Å²) in [6, 6.07) is 2.82. The Morgan fingerprint density at radius 2 is 2.28 bits per heavy atom. The molecule has 1 aromatic heterocycles. The highest BCUT2D eigenvalue weighted by Gasteiger charge is 2.22. The van der Waals surface area contributed by atoms with Crippen molar-refractivity contribution < 1.29 is 14.7 Å². The Morgan fingerprint density at radius 3 is 2.94 bits per heavy atom. The van der Waals surface area contributed by atoms with Crippen molar-refractivity contribution in [1.82, 2.24) is 9.88 Å². The standard InChI is InChI=1S/C12H15N3O3/c13-9-2-1-5-15(7-9)11(16)8-3-4-14-10(6-8)12(17)18/h3-4,6,9H,1-2,5,7,13H2,(H,17,18). The molecule has 0 spiro atoms. The van der Waals surface area contributed by atoms with Gasteiger partial charge in [-0.15, -0.1) is 0 Å². The second-order valence-electron chi connectivity index (χ2n) is 4.39. The van der Waals surface area contributed by atoms with Gasteiger partial charge in [0.2, 0.25) is 0 Å². The van der Waals surface area contributed by atoms with E-state index in [-0.39, 0.29) is 17.6 Å². The van der Waals surface area contributed by atoms with Crippen LogP contribution in [-0.4, -0.2) is 46.0 Å². The van der Waals surface area contributed by atoms with E-state index in [1.54, 1.807) is 4.90 Å². The van der Waals surface area contributed by atoms with Gasteiger partial charge in [0.1, 0.15) is 5.69 Å². The molecule has 0 aromatic carbocycles. The molecule has 3 N–H and O–H groups in total. The maximum Gasteiger partial charge on any atom is 0.354 e. The van der Waals surface area contributed by atoms with Crippen molar-refractivity contribution in [2.24, 2.45) is 5.73 Å². The van der Waals surface area contributed by atoms with Crippen molar-refractivity contribution in [3.05, 3.63) is 29.6 Å². The molecule has 1 aliphatic rings. The van der Waals surface area contributed by atoms with Gasteiger partial charge in [0.25, 0.3) is 5.91 Å². The molecule has 1 amide bonds. The molecule has 1 aliphatic heterocycles. The average Bonchev–Trinajstić information content (AvgIpc) is 2.38. The van der Waals surface area contributed by atoms with Crippen LogP contribution in [0.1, 0.15) is 33.7 Å². The number of rotatable bonds is 2. The number of carboxylic acid groups (broad SMARTS) is 1. The van der Waals surface area contributed by atoms with Crippen LogP contribution < -0.4 is 5.73 Å². The third-order valence-electron chi connectivity index (χ3n) is 2.97. The first-order valence-electron chi connectivity index (χ1n) is 5.82. The van der Waals surface area contributed by atoms with Crippen molar-refractivity contribution in [1.29, 1.82) is 0 Å². The van der Waals surface area contributed by atoms with E-state index in [0.29, 0.717) is 18.7 Å². The number of carbonyl (C=O) groups is 2. The fourth-order valence-corrected chi connectivity index (χ4v) is 2.06. The van der Waals surface area contributed by atoms with E-state index in [1.807, 2.05) is 0 Å². The number of aromatic nitrogens is 1. The summed E-state index contributed by atoms with van der Waals surface area (Å²) in [5, 5.41) is 8.84. The number of pyridine rings is 1. The first-order chi connectivity index (χ1) is 8.58. The van der Waals surface area contributed by atoms with Crippen LogP contribution in [0.5, 0.6) is 0 Å². The smallest absolute Gasteiger partial charge is 0.354 e. The number of likely N-dealkylation sites (tertiary alicyclic amines) is 1. The second kappa shape index (κ2) is 5.14. The van der Waals surface area contributed by atoms with Gasteiger partial charge in [-0.25, -0.2) is 9.78 Å². The van der Waals surface area contributed by atoms with Crippen molar-refractivity contribution in [3.8, 4) is 0 Å². The highest BCUT2D eigenvalue weighted by Crippen LogP contribution is 2.13. The number of aromatic carboxylic acids is 1. The highest BCUT2D eigenvalue weighted by molar-refractivity contribution is 5.96. The van der Waals surface area contributed by atoms with Gasteiger partial charge >= 0.3 is 5.97 Å². The minimum atomic E-state index is -1.14. The zero-order valence-electron chi connectivity index (χ0n) is 9.87. The number of piperidine rings is 1. The minimum absolute atomic E-state index is 0.00322.